The minimum atomic E-state index is 0.276. The van der Waals surface area contributed by atoms with E-state index >= 15 is 0 Å². The van der Waals surface area contributed by atoms with Crippen LogP contribution in [0.15, 0.2) is 4.99 Å². The molecule has 0 bridgehead atoms. The van der Waals surface area contributed by atoms with Gasteiger partial charge in [0.05, 0.1) is 12.6 Å². The zero-order chi connectivity index (χ0) is 11.9. The second-order valence-corrected chi connectivity index (χ2v) is 4.81. The van der Waals surface area contributed by atoms with Gasteiger partial charge in [-0.25, -0.2) is 0 Å². The van der Waals surface area contributed by atoms with E-state index in [4.69, 9.17) is 15.2 Å². The Hall–Kier alpha value is -0.810. The van der Waals surface area contributed by atoms with Crippen LogP contribution in [0.5, 0.6) is 0 Å². The normalized spacial score (nSPS) is 29.8. The van der Waals surface area contributed by atoms with Crippen LogP contribution < -0.4 is 11.1 Å². The van der Waals surface area contributed by atoms with E-state index in [1.54, 1.807) is 0 Å². The first kappa shape index (κ1) is 12.6. The molecule has 2 rings (SSSR count). The fourth-order valence-electron chi connectivity index (χ4n) is 2.26. The third-order valence-corrected chi connectivity index (χ3v) is 3.37. The van der Waals surface area contributed by atoms with Crippen molar-refractivity contribution in [3.8, 4) is 0 Å². The Morgan fingerprint density at radius 1 is 1.35 bits per heavy atom. The van der Waals surface area contributed by atoms with Crippen molar-refractivity contribution in [1.29, 1.82) is 0 Å². The number of nitrogens with one attached hydrogen (secondary N) is 1. The highest BCUT2D eigenvalue weighted by atomic mass is 16.5. The summed E-state index contributed by atoms with van der Waals surface area (Å²) in [6.45, 7) is 4.25. The molecule has 0 aromatic heterocycles. The van der Waals surface area contributed by atoms with Gasteiger partial charge in [-0.15, -0.1) is 0 Å². The molecule has 0 amide bonds. The van der Waals surface area contributed by atoms with Gasteiger partial charge in [-0.05, 0) is 31.6 Å². The van der Waals surface area contributed by atoms with E-state index in [0.29, 0.717) is 18.4 Å². The topological polar surface area (TPSA) is 68.9 Å². The lowest BCUT2D eigenvalue weighted by Gasteiger charge is -2.10. The second kappa shape index (κ2) is 6.81. The van der Waals surface area contributed by atoms with Crippen molar-refractivity contribution in [3.05, 3.63) is 0 Å². The maximum Gasteiger partial charge on any atom is 0.188 e. The second-order valence-electron chi connectivity index (χ2n) is 4.81. The third kappa shape index (κ3) is 4.52. The van der Waals surface area contributed by atoms with Crippen LogP contribution in [-0.2, 0) is 9.47 Å². The van der Waals surface area contributed by atoms with Crippen LogP contribution >= 0.6 is 0 Å². The Morgan fingerprint density at radius 3 is 3.00 bits per heavy atom. The van der Waals surface area contributed by atoms with E-state index in [-0.39, 0.29) is 6.10 Å². The number of guanidine groups is 1. The predicted molar refractivity (Wildman–Crippen MR) is 67.0 cm³/mol. The highest BCUT2D eigenvalue weighted by molar-refractivity contribution is 5.77. The number of rotatable bonds is 5. The molecule has 0 aromatic carbocycles. The van der Waals surface area contributed by atoms with Crippen molar-refractivity contribution < 1.29 is 9.47 Å². The van der Waals surface area contributed by atoms with Crippen molar-refractivity contribution in [2.24, 2.45) is 16.6 Å². The van der Waals surface area contributed by atoms with Crippen molar-refractivity contribution in [3.63, 3.8) is 0 Å². The highest BCUT2D eigenvalue weighted by Crippen LogP contribution is 2.15. The third-order valence-electron chi connectivity index (χ3n) is 3.37. The molecule has 2 heterocycles. The van der Waals surface area contributed by atoms with Crippen LogP contribution in [-0.4, -0.2) is 45.0 Å². The van der Waals surface area contributed by atoms with Crippen molar-refractivity contribution >= 4 is 5.96 Å². The fourth-order valence-corrected chi connectivity index (χ4v) is 2.26. The van der Waals surface area contributed by atoms with Crippen molar-refractivity contribution in [1.82, 2.24) is 5.32 Å². The van der Waals surface area contributed by atoms with Crippen LogP contribution in [0.4, 0.5) is 0 Å². The number of ether oxygens (including phenoxy) is 2. The van der Waals surface area contributed by atoms with Crippen molar-refractivity contribution in [2.75, 3.05) is 32.9 Å². The Kier molecular flexibility index (Phi) is 5.07. The molecule has 0 aromatic rings. The average Bonchev–Trinajstić information content (AvgIpc) is 2.99. The molecule has 0 aliphatic carbocycles. The monoisotopic (exact) mass is 241 g/mol. The van der Waals surface area contributed by atoms with Crippen LogP contribution in [0.1, 0.15) is 25.7 Å². The molecule has 5 nitrogen and oxygen atoms in total. The van der Waals surface area contributed by atoms with Gasteiger partial charge in [0.15, 0.2) is 5.96 Å². The molecule has 0 saturated carbocycles. The van der Waals surface area contributed by atoms with Gasteiger partial charge in [-0.1, -0.05) is 0 Å². The smallest absolute Gasteiger partial charge is 0.188 e. The SMILES string of the molecule is NC(=NCC1CCCO1)NCCC1CCOC1. The first-order valence-corrected chi connectivity index (χ1v) is 6.58. The number of hydrogen-bond donors (Lipinski definition) is 2. The lowest BCUT2D eigenvalue weighted by atomic mass is 10.1. The summed E-state index contributed by atoms with van der Waals surface area (Å²) in [6.07, 6.45) is 4.81. The maximum atomic E-state index is 5.79. The molecule has 0 spiro atoms. The molecular weight excluding hydrogens is 218 g/mol. The fraction of sp³-hybridized carbons (Fsp3) is 0.917. The summed E-state index contributed by atoms with van der Waals surface area (Å²) in [5.41, 5.74) is 5.79. The van der Waals surface area contributed by atoms with E-state index in [9.17, 15) is 0 Å². The molecule has 2 aliphatic rings. The summed E-state index contributed by atoms with van der Waals surface area (Å²) in [5, 5.41) is 3.15. The largest absolute Gasteiger partial charge is 0.381 e. The van der Waals surface area contributed by atoms with E-state index in [1.165, 1.54) is 6.42 Å². The summed E-state index contributed by atoms with van der Waals surface area (Å²) in [5.74, 6) is 1.23. The van der Waals surface area contributed by atoms with Gasteiger partial charge >= 0.3 is 0 Å². The summed E-state index contributed by atoms with van der Waals surface area (Å²) < 4.78 is 10.8. The molecule has 2 atom stereocenters. The highest BCUT2D eigenvalue weighted by Gasteiger charge is 2.16. The van der Waals surface area contributed by atoms with Gasteiger partial charge in [-0.2, -0.15) is 0 Å². The standard InChI is InChI=1S/C12H23N3O2/c13-12(15-8-11-2-1-6-17-11)14-5-3-10-4-7-16-9-10/h10-11H,1-9H2,(H3,13,14,15). The molecule has 0 radical (unpaired) electrons. The summed E-state index contributed by atoms with van der Waals surface area (Å²) in [7, 11) is 0. The number of nitrogens with zero attached hydrogens (tertiary/aromatic N) is 1. The maximum absolute atomic E-state index is 5.79. The molecule has 3 N–H and O–H groups in total. The molecule has 98 valence electrons. The summed E-state index contributed by atoms with van der Waals surface area (Å²) >= 11 is 0. The molecule has 17 heavy (non-hydrogen) atoms. The molecule has 2 fully saturated rings. The van der Waals surface area contributed by atoms with E-state index in [0.717, 1.165) is 45.6 Å². The Bertz CT molecular complexity index is 246. The van der Waals surface area contributed by atoms with Crippen LogP contribution in [0.3, 0.4) is 0 Å². The first-order valence-electron chi connectivity index (χ1n) is 6.58. The first-order chi connectivity index (χ1) is 8.34. The van der Waals surface area contributed by atoms with E-state index in [2.05, 4.69) is 10.3 Å². The van der Waals surface area contributed by atoms with Gasteiger partial charge in [0.25, 0.3) is 0 Å². The number of nitrogens with two attached hydrogens (primary N) is 1. The molecular formula is C12H23N3O2. The van der Waals surface area contributed by atoms with Crippen LogP contribution in [0.2, 0.25) is 0 Å². The molecule has 5 heteroatoms. The summed E-state index contributed by atoms with van der Waals surface area (Å²) in [6, 6.07) is 0. The number of aliphatic imine (C=N–C) groups is 1. The Morgan fingerprint density at radius 2 is 2.29 bits per heavy atom. The minimum Gasteiger partial charge on any atom is -0.381 e. The minimum absolute atomic E-state index is 0.276. The van der Waals surface area contributed by atoms with Crippen LogP contribution in [0, 0.1) is 5.92 Å². The van der Waals surface area contributed by atoms with Gasteiger partial charge in [0.2, 0.25) is 0 Å². The average molecular weight is 241 g/mol. The van der Waals surface area contributed by atoms with Gasteiger partial charge < -0.3 is 20.5 Å². The summed E-state index contributed by atoms with van der Waals surface area (Å²) in [4.78, 5) is 4.30. The number of hydrogen-bond acceptors (Lipinski definition) is 3. The Balaban J connectivity index is 1.55. The predicted octanol–water partition coefficient (Wildman–Crippen LogP) is 0.496. The molecule has 2 aliphatic heterocycles. The zero-order valence-corrected chi connectivity index (χ0v) is 10.4. The quantitative estimate of drug-likeness (QED) is 0.543. The lowest BCUT2D eigenvalue weighted by Crippen LogP contribution is -2.34. The van der Waals surface area contributed by atoms with Gasteiger partial charge in [0, 0.05) is 26.4 Å². The van der Waals surface area contributed by atoms with E-state index in [1.807, 2.05) is 0 Å². The zero-order valence-electron chi connectivity index (χ0n) is 10.4. The Labute approximate surface area is 103 Å². The van der Waals surface area contributed by atoms with E-state index < -0.39 is 0 Å². The molecule has 2 saturated heterocycles. The lowest BCUT2D eigenvalue weighted by molar-refractivity contribution is 0.118. The van der Waals surface area contributed by atoms with Gasteiger partial charge in [-0.3, -0.25) is 4.99 Å². The molecule has 2 unspecified atom stereocenters. The van der Waals surface area contributed by atoms with Crippen molar-refractivity contribution in [2.45, 2.75) is 31.8 Å². The van der Waals surface area contributed by atoms with Crippen LogP contribution in [0.25, 0.3) is 0 Å². The van der Waals surface area contributed by atoms with Gasteiger partial charge in [0.1, 0.15) is 0 Å².